The van der Waals surface area contributed by atoms with E-state index in [1.54, 1.807) is 11.8 Å². The van der Waals surface area contributed by atoms with Crippen molar-refractivity contribution in [2.75, 3.05) is 12.3 Å². The number of aromatic nitrogens is 2. The van der Waals surface area contributed by atoms with Crippen LogP contribution in [0, 0.1) is 0 Å². The van der Waals surface area contributed by atoms with Gasteiger partial charge in [0.2, 0.25) is 0 Å². The first-order valence-corrected chi connectivity index (χ1v) is 13.4. The fourth-order valence-electron chi connectivity index (χ4n) is 4.05. The van der Waals surface area contributed by atoms with Gasteiger partial charge in [0.1, 0.15) is 0 Å². The highest BCUT2D eigenvalue weighted by molar-refractivity contribution is 7.99. The molecule has 5 heteroatoms. The van der Waals surface area contributed by atoms with Crippen molar-refractivity contribution in [2.24, 2.45) is 0 Å². The van der Waals surface area contributed by atoms with Gasteiger partial charge in [0, 0.05) is 35.5 Å². The average molecular weight is 484 g/mol. The summed E-state index contributed by atoms with van der Waals surface area (Å²) in [5.41, 5.74) is 6.40. The van der Waals surface area contributed by atoms with Crippen LogP contribution in [0.4, 0.5) is 0 Å². The first-order chi connectivity index (χ1) is 17.2. The number of carbonyl (C=O) groups is 1. The summed E-state index contributed by atoms with van der Waals surface area (Å²) in [5.74, 6) is 0.724. The van der Waals surface area contributed by atoms with Crippen molar-refractivity contribution < 1.29 is 4.79 Å². The van der Waals surface area contributed by atoms with Gasteiger partial charge in [0.15, 0.2) is 5.16 Å². The molecule has 0 saturated heterocycles. The summed E-state index contributed by atoms with van der Waals surface area (Å²) in [7, 11) is 0. The number of benzene rings is 3. The molecule has 0 aliphatic rings. The molecule has 35 heavy (non-hydrogen) atoms. The van der Waals surface area contributed by atoms with E-state index in [0.717, 1.165) is 53.7 Å². The average Bonchev–Trinajstić information content (AvgIpc) is 3.29. The van der Waals surface area contributed by atoms with Crippen LogP contribution in [-0.4, -0.2) is 27.8 Å². The van der Waals surface area contributed by atoms with Gasteiger partial charge >= 0.3 is 0 Å². The minimum absolute atomic E-state index is 0.0301. The third kappa shape index (κ3) is 6.23. The van der Waals surface area contributed by atoms with Crippen molar-refractivity contribution in [1.29, 1.82) is 0 Å². The lowest BCUT2D eigenvalue weighted by Crippen LogP contribution is -2.25. The maximum Gasteiger partial charge on any atom is 0.251 e. The minimum atomic E-state index is -0.0301. The summed E-state index contributed by atoms with van der Waals surface area (Å²) >= 11 is 1.70. The lowest BCUT2D eigenvalue weighted by molar-refractivity contribution is 0.0956. The highest BCUT2D eigenvalue weighted by Gasteiger charge is 2.20. The van der Waals surface area contributed by atoms with Crippen molar-refractivity contribution in [3.8, 4) is 22.5 Å². The number of amides is 1. The van der Waals surface area contributed by atoms with Crippen molar-refractivity contribution in [1.82, 2.24) is 14.9 Å². The Morgan fingerprint density at radius 2 is 1.54 bits per heavy atom. The maximum absolute atomic E-state index is 12.6. The van der Waals surface area contributed by atoms with E-state index in [1.165, 1.54) is 11.1 Å². The van der Waals surface area contributed by atoms with Crippen LogP contribution in [0.2, 0.25) is 0 Å². The van der Waals surface area contributed by atoms with Gasteiger partial charge in [0.25, 0.3) is 5.91 Å². The molecule has 4 aromatic rings. The van der Waals surface area contributed by atoms with Crippen LogP contribution in [0.5, 0.6) is 0 Å². The number of thioether (sulfide) groups is 1. The fraction of sp³-hybridized carbons (Fsp3) is 0.267. The van der Waals surface area contributed by atoms with Crippen molar-refractivity contribution >= 4 is 17.7 Å². The van der Waals surface area contributed by atoms with Crippen LogP contribution in [0.3, 0.4) is 0 Å². The lowest BCUT2D eigenvalue weighted by atomic mass is 10.0. The molecule has 1 aromatic heterocycles. The SMILES string of the molecule is CCCCn1c(SCCNC(=O)c2ccc(CC)cc2)nc(-c2ccccc2)c1-c1ccccc1. The van der Waals surface area contributed by atoms with Crippen molar-refractivity contribution in [3.05, 3.63) is 96.1 Å². The first kappa shape index (κ1) is 24.8. The van der Waals surface area contributed by atoms with Gasteiger partial charge in [-0.3, -0.25) is 4.79 Å². The Kier molecular flexibility index (Phi) is 8.79. The molecular formula is C30H33N3OS. The molecule has 180 valence electrons. The molecule has 0 aliphatic heterocycles. The number of aryl methyl sites for hydroxylation is 1. The predicted octanol–water partition coefficient (Wildman–Crippen LogP) is 7.10. The van der Waals surface area contributed by atoms with E-state index >= 15 is 0 Å². The fourth-order valence-corrected chi connectivity index (χ4v) is 4.93. The summed E-state index contributed by atoms with van der Waals surface area (Å²) in [4.78, 5) is 17.7. The predicted molar refractivity (Wildman–Crippen MR) is 147 cm³/mol. The molecule has 0 radical (unpaired) electrons. The van der Waals surface area contributed by atoms with Crippen LogP contribution in [0.25, 0.3) is 22.5 Å². The first-order valence-electron chi connectivity index (χ1n) is 12.4. The summed E-state index contributed by atoms with van der Waals surface area (Å²) in [6.45, 7) is 5.83. The molecule has 1 amide bonds. The Balaban J connectivity index is 1.54. The Hall–Kier alpha value is -3.31. The molecular weight excluding hydrogens is 450 g/mol. The molecule has 0 aliphatic carbocycles. The summed E-state index contributed by atoms with van der Waals surface area (Å²) in [6, 6.07) is 28.8. The Morgan fingerprint density at radius 3 is 2.17 bits per heavy atom. The summed E-state index contributed by atoms with van der Waals surface area (Å²) < 4.78 is 2.36. The smallest absolute Gasteiger partial charge is 0.251 e. The number of imidazole rings is 1. The number of nitrogens with zero attached hydrogens (tertiary/aromatic N) is 2. The third-order valence-electron chi connectivity index (χ3n) is 6.01. The van der Waals surface area contributed by atoms with Gasteiger partial charge in [0.05, 0.1) is 11.4 Å². The molecule has 1 heterocycles. The van der Waals surface area contributed by atoms with Crippen molar-refractivity contribution in [2.45, 2.75) is 44.8 Å². The molecule has 0 bridgehead atoms. The van der Waals surface area contributed by atoms with Gasteiger partial charge in [-0.1, -0.05) is 105 Å². The minimum Gasteiger partial charge on any atom is -0.351 e. The molecule has 1 N–H and O–H groups in total. The zero-order chi connectivity index (χ0) is 24.5. The van der Waals surface area contributed by atoms with E-state index in [1.807, 2.05) is 36.4 Å². The summed E-state index contributed by atoms with van der Waals surface area (Å²) in [5, 5.41) is 4.06. The zero-order valence-electron chi connectivity index (χ0n) is 20.5. The second-order valence-corrected chi connectivity index (χ2v) is 9.55. The normalized spacial score (nSPS) is 10.9. The van der Waals surface area contributed by atoms with Crippen LogP contribution >= 0.6 is 11.8 Å². The van der Waals surface area contributed by atoms with E-state index in [9.17, 15) is 4.79 Å². The van der Waals surface area contributed by atoms with Gasteiger partial charge in [-0.15, -0.1) is 0 Å². The quantitative estimate of drug-likeness (QED) is 0.183. The number of unbranched alkanes of at least 4 members (excludes halogenated alkanes) is 1. The number of rotatable bonds is 11. The Morgan fingerprint density at radius 1 is 0.886 bits per heavy atom. The molecule has 0 saturated carbocycles. The molecule has 4 rings (SSSR count). The molecule has 0 fully saturated rings. The molecule has 4 nitrogen and oxygen atoms in total. The number of hydrogen-bond acceptors (Lipinski definition) is 3. The van der Waals surface area contributed by atoms with Gasteiger partial charge < -0.3 is 9.88 Å². The third-order valence-corrected chi connectivity index (χ3v) is 6.98. The van der Waals surface area contributed by atoms with E-state index < -0.39 is 0 Å². The number of carbonyl (C=O) groups excluding carboxylic acids is 1. The number of hydrogen-bond donors (Lipinski definition) is 1. The topological polar surface area (TPSA) is 46.9 Å². The monoisotopic (exact) mass is 483 g/mol. The second-order valence-electron chi connectivity index (χ2n) is 8.48. The van der Waals surface area contributed by atoms with E-state index in [-0.39, 0.29) is 5.91 Å². The van der Waals surface area contributed by atoms with Gasteiger partial charge in [-0.2, -0.15) is 0 Å². The summed E-state index contributed by atoms with van der Waals surface area (Å²) in [6.07, 6.45) is 3.17. The molecule has 0 spiro atoms. The van der Waals surface area contributed by atoms with Crippen molar-refractivity contribution in [3.63, 3.8) is 0 Å². The maximum atomic E-state index is 12.6. The Labute approximate surface area is 212 Å². The number of nitrogens with one attached hydrogen (secondary N) is 1. The largest absolute Gasteiger partial charge is 0.351 e. The second kappa shape index (κ2) is 12.4. The molecule has 0 atom stereocenters. The van der Waals surface area contributed by atoms with Crippen LogP contribution in [0.15, 0.2) is 90.1 Å². The van der Waals surface area contributed by atoms with Crippen LogP contribution in [0.1, 0.15) is 42.6 Å². The zero-order valence-corrected chi connectivity index (χ0v) is 21.4. The lowest BCUT2D eigenvalue weighted by Gasteiger charge is -2.13. The van der Waals surface area contributed by atoms with Crippen LogP contribution < -0.4 is 5.32 Å². The molecule has 3 aromatic carbocycles. The highest BCUT2D eigenvalue weighted by atomic mass is 32.2. The van der Waals surface area contributed by atoms with Gasteiger partial charge in [-0.25, -0.2) is 4.98 Å². The van der Waals surface area contributed by atoms with Crippen LogP contribution in [-0.2, 0) is 13.0 Å². The standard InChI is InChI=1S/C30H33N3OS/c1-3-5-21-33-28(25-14-10-7-11-15-25)27(24-12-8-6-9-13-24)32-30(33)35-22-20-31-29(34)26-18-16-23(4-2)17-19-26/h6-19H,3-5,20-22H2,1-2H3,(H,31,34). The van der Waals surface area contributed by atoms with E-state index in [4.69, 9.17) is 4.98 Å². The highest BCUT2D eigenvalue weighted by Crippen LogP contribution is 2.36. The van der Waals surface area contributed by atoms with E-state index in [2.05, 4.69) is 72.3 Å². The van der Waals surface area contributed by atoms with E-state index in [0.29, 0.717) is 12.1 Å². The Bertz CT molecular complexity index is 1220. The molecule has 0 unspecified atom stereocenters. The van der Waals surface area contributed by atoms with Gasteiger partial charge in [-0.05, 0) is 30.5 Å².